The van der Waals surface area contributed by atoms with Crippen LogP contribution < -0.4 is 5.73 Å². The first-order chi connectivity index (χ1) is 5.16. The molecule has 0 unspecified atom stereocenters. The Kier molecular flexibility index (Phi) is 1.85. The lowest BCUT2D eigenvalue weighted by molar-refractivity contribution is 0.0602. The topological polar surface area (TPSA) is 57.2 Å². The van der Waals surface area contributed by atoms with Gasteiger partial charge in [0.05, 0.1) is 7.11 Å². The molecular weight excluding hydrogens is 144 g/mol. The maximum absolute atomic E-state index is 10.9. The van der Waals surface area contributed by atoms with Crippen molar-refractivity contribution in [3.8, 4) is 0 Å². The van der Waals surface area contributed by atoms with Gasteiger partial charge in [-0.25, -0.2) is 4.79 Å². The second-order valence-corrected chi connectivity index (χ2v) is 2.22. The van der Waals surface area contributed by atoms with Crippen molar-refractivity contribution < 1.29 is 9.53 Å². The van der Waals surface area contributed by atoms with Gasteiger partial charge in [-0.05, 0) is 6.07 Å². The highest BCUT2D eigenvalue weighted by Gasteiger charge is 2.11. The molecule has 0 spiro atoms. The van der Waals surface area contributed by atoms with Crippen LogP contribution in [0.1, 0.15) is 10.4 Å². The van der Waals surface area contributed by atoms with Crippen molar-refractivity contribution in [3.63, 3.8) is 0 Å². The van der Waals surface area contributed by atoms with E-state index in [-0.39, 0.29) is 0 Å². The Labute approximate surface area is 64.6 Å². The number of nitrogens with two attached hydrogens (primary N) is 1. The van der Waals surface area contributed by atoms with Gasteiger partial charge in [-0.3, -0.25) is 0 Å². The molecule has 0 bridgehead atoms. The molecule has 0 aliphatic heterocycles. The molecule has 4 nitrogen and oxygen atoms in total. The molecule has 0 aromatic carbocycles. The van der Waals surface area contributed by atoms with Gasteiger partial charge < -0.3 is 15.0 Å². The zero-order valence-corrected chi connectivity index (χ0v) is 6.50. The lowest BCUT2D eigenvalue weighted by Crippen LogP contribution is -2.05. The van der Waals surface area contributed by atoms with Crippen LogP contribution in [0.5, 0.6) is 0 Å². The molecule has 0 aliphatic rings. The van der Waals surface area contributed by atoms with E-state index in [9.17, 15) is 4.79 Å². The predicted molar refractivity (Wildman–Crippen MR) is 41.2 cm³/mol. The van der Waals surface area contributed by atoms with Gasteiger partial charge in [0.1, 0.15) is 11.4 Å². The molecule has 0 aliphatic carbocycles. The summed E-state index contributed by atoms with van der Waals surface area (Å²) < 4.78 is 6.16. The number of hydrogen-bond acceptors (Lipinski definition) is 3. The summed E-state index contributed by atoms with van der Waals surface area (Å²) in [5.74, 6) is 0.0277. The van der Waals surface area contributed by atoms with Crippen LogP contribution in [0, 0.1) is 0 Å². The first-order valence-corrected chi connectivity index (χ1v) is 3.16. The van der Waals surface area contributed by atoms with Crippen molar-refractivity contribution in [2.45, 2.75) is 0 Å². The fourth-order valence-electron chi connectivity index (χ4n) is 0.825. The minimum atomic E-state index is -0.400. The number of carbonyl (C=O) groups is 1. The van der Waals surface area contributed by atoms with Crippen LogP contribution in [-0.4, -0.2) is 17.6 Å². The quantitative estimate of drug-likeness (QED) is 0.595. The molecule has 0 radical (unpaired) electrons. The summed E-state index contributed by atoms with van der Waals surface area (Å²) in [4.78, 5) is 10.9. The molecule has 1 aromatic heterocycles. The summed E-state index contributed by atoms with van der Waals surface area (Å²) >= 11 is 0. The molecule has 0 atom stereocenters. The number of aromatic nitrogens is 1. The molecule has 1 aromatic rings. The molecule has 0 fully saturated rings. The number of aryl methyl sites for hydroxylation is 1. The summed E-state index contributed by atoms with van der Waals surface area (Å²) in [5.41, 5.74) is 5.95. The minimum absolute atomic E-state index is 0.400. The van der Waals surface area contributed by atoms with E-state index in [0.717, 1.165) is 0 Å². The monoisotopic (exact) mass is 154 g/mol. The number of anilines is 1. The van der Waals surface area contributed by atoms with Crippen molar-refractivity contribution in [1.82, 2.24) is 4.57 Å². The van der Waals surface area contributed by atoms with E-state index >= 15 is 0 Å². The predicted octanol–water partition coefficient (Wildman–Crippen LogP) is 0.394. The average molecular weight is 154 g/mol. The number of nitrogens with zero attached hydrogens (tertiary/aromatic N) is 1. The lowest BCUT2D eigenvalue weighted by Gasteiger charge is -1.98. The molecule has 11 heavy (non-hydrogen) atoms. The molecule has 1 heterocycles. The summed E-state index contributed by atoms with van der Waals surface area (Å²) in [6.07, 6.45) is 1.71. The molecule has 4 heteroatoms. The largest absolute Gasteiger partial charge is 0.465 e. The molecule has 60 valence electrons. The third kappa shape index (κ3) is 1.19. The van der Waals surface area contributed by atoms with Crippen LogP contribution in [-0.2, 0) is 11.8 Å². The normalized spacial score (nSPS) is 9.64. The highest BCUT2D eigenvalue weighted by Crippen LogP contribution is 2.12. The van der Waals surface area contributed by atoms with Crippen LogP contribution in [0.15, 0.2) is 12.3 Å². The first kappa shape index (κ1) is 7.65. The van der Waals surface area contributed by atoms with E-state index < -0.39 is 5.97 Å². The Morgan fingerprint density at radius 2 is 2.36 bits per heavy atom. The Morgan fingerprint density at radius 1 is 1.73 bits per heavy atom. The number of esters is 1. The van der Waals surface area contributed by atoms with Crippen molar-refractivity contribution in [3.05, 3.63) is 17.8 Å². The van der Waals surface area contributed by atoms with Crippen molar-refractivity contribution >= 4 is 11.8 Å². The second kappa shape index (κ2) is 2.65. The average Bonchev–Trinajstić information content (AvgIpc) is 2.32. The zero-order valence-electron chi connectivity index (χ0n) is 6.50. The van der Waals surface area contributed by atoms with Crippen molar-refractivity contribution in [1.29, 1.82) is 0 Å². The Bertz CT molecular complexity index is 278. The number of nitrogen functional groups attached to an aromatic ring is 1. The van der Waals surface area contributed by atoms with Crippen LogP contribution in [0.25, 0.3) is 0 Å². The smallest absolute Gasteiger partial charge is 0.341 e. The molecule has 2 N–H and O–H groups in total. The lowest BCUT2D eigenvalue weighted by atomic mass is 10.3. The first-order valence-electron chi connectivity index (χ1n) is 3.16. The number of hydrogen-bond donors (Lipinski definition) is 1. The van der Waals surface area contributed by atoms with E-state index in [1.165, 1.54) is 7.11 Å². The summed E-state index contributed by atoms with van der Waals surface area (Å²) in [6, 6.07) is 1.63. The van der Waals surface area contributed by atoms with Gasteiger partial charge in [0, 0.05) is 13.2 Å². The standard InChI is InChI=1S/C7H10N2O2/c1-9-4-3-5(6(9)8)7(10)11-2/h3-4H,8H2,1-2H3. The molecule has 0 saturated heterocycles. The van der Waals surface area contributed by atoms with Crippen LogP contribution >= 0.6 is 0 Å². The van der Waals surface area contributed by atoms with Crippen LogP contribution in [0.2, 0.25) is 0 Å². The summed E-state index contributed by atoms with van der Waals surface area (Å²) in [5, 5.41) is 0. The van der Waals surface area contributed by atoms with E-state index in [1.807, 2.05) is 0 Å². The van der Waals surface area contributed by atoms with Gasteiger partial charge in [0.15, 0.2) is 0 Å². The SMILES string of the molecule is COC(=O)c1ccn(C)c1N. The molecule has 0 amide bonds. The third-order valence-corrected chi connectivity index (χ3v) is 1.53. The Hall–Kier alpha value is -1.45. The number of carbonyl (C=O) groups excluding carboxylic acids is 1. The maximum Gasteiger partial charge on any atom is 0.341 e. The zero-order chi connectivity index (χ0) is 8.43. The Balaban J connectivity index is 3.04. The molecule has 1 rings (SSSR count). The Morgan fingerprint density at radius 3 is 2.73 bits per heavy atom. The van der Waals surface area contributed by atoms with Crippen molar-refractivity contribution in [2.75, 3.05) is 12.8 Å². The fourth-order valence-corrected chi connectivity index (χ4v) is 0.825. The van der Waals surface area contributed by atoms with Gasteiger partial charge in [-0.15, -0.1) is 0 Å². The van der Waals surface area contributed by atoms with E-state index in [0.29, 0.717) is 11.4 Å². The van der Waals surface area contributed by atoms with Gasteiger partial charge >= 0.3 is 5.97 Å². The molecule has 0 saturated carbocycles. The summed E-state index contributed by atoms with van der Waals surface area (Å²) in [7, 11) is 3.09. The van der Waals surface area contributed by atoms with Crippen molar-refractivity contribution in [2.24, 2.45) is 7.05 Å². The maximum atomic E-state index is 10.9. The summed E-state index contributed by atoms with van der Waals surface area (Å²) in [6.45, 7) is 0. The van der Waals surface area contributed by atoms with E-state index in [4.69, 9.17) is 5.73 Å². The van der Waals surface area contributed by atoms with Crippen LogP contribution in [0.4, 0.5) is 5.82 Å². The highest BCUT2D eigenvalue weighted by molar-refractivity contribution is 5.94. The molecular formula is C7H10N2O2. The number of methoxy groups -OCH3 is 1. The third-order valence-electron chi connectivity index (χ3n) is 1.53. The van der Waals surface area contributed by atoms with Gasteiger partial charge in [-0.2, -0.15) is 0 Å². The second-order valence-electron chi connectivity index (χ2n) is 2.22. The minimum Gasteiger partial charge on any atom is -0.465 e. The van der Waals surface area contributed by atoms with Gasteiger partial charge in [-0.1, -0.05) is 0 Å². The van der Waals surface area contributed by atoms with Gasteiger partial charge in [0.2, 0.25) is 0 Å². The number of rotatable bonds is 1. The highest BCUT2D eigenvalue weighted by atomic mass is 16.5. The van der Waals surface area contributed by atoms with Gasteiger partial charge in [0.25, 0.3) is 0 Å². The van der Waals surface area contributed by atoms with E-state index in [2.05, 4.69) is 4.74 Å². The fraction of sp³-hybridized carbons (Fsp3) is 0.286. The van der Waals surface area contributed by atoms with E-state index in [1.54, 1.807) is 23.9 Å². The van der Waals surface area contributed by atoms with Crippen LogP contribution in [0.3, 0.4) is 0 Å². The number of ether oxygens (including phenoxy) is 1.